The number of hydrogen-bond donors (Lipinski definition) is 0. The van der Waals surface area contributed by atoms with Gasteiger partial charge in [-0.25, -0.2) is 4.99 Å². The second-order valence-electron chi connectivity index (χ2n) is 8.99. The van der Waals surface area contributed by atoms with Crippen molar-refractivity contribution in [3.05, 3.63) is 114 Å². The molecule has 4 aromatic rings. The summed E-state index contributed by atoms with van der Waals surface area (Å²) < 4.78 is 19.1. The van der Waals surface area contributed by atoms with Gasteiger partial charge in [0.25, 0.3) is 5.56 Å². The Labute approximate surface area is 218 Å². The fraction of sp³-hybridized carbons (Fsp3) is 0.200. The zero-order valence-electron chi connectivity index (χ0n) is 20.9. The normalized spacial score (nSPS) is 16.4. The van der Waals surface area contributed by atoms with Gasteiger partial charge in [0.05, 0.1) is 37.6 Å². The highest BCUT2D eigenvalue weighted by Crippen LogP contribution is 2.44. The zero-order chi connectivity index (χ0) is 25.5. The summed E-state index contributed by atoms with van der Waals surface area (Å²) in [5.74, 6) is 2.20. The van der Waals surface area contributed by atoms with Crippen LogP contribution < -0.4 is 29.1 Å². The Morgan fingerprint density at radius 3 is 2.43 bits per heavy atom. The quantitative estimate of drug-likeness (QED) is 0.401. The van der Waals surface area contributed by atoms with E-state index in [0.717, 1.165) is 46.6 Å². The first kappa shape index (κ1) is 23.3. The van der Waals surface area contributed by atoms with Crippen molar-refractivity contribution in [2.24, 2.45) is 4.99 Å². The molecule has 1 aromatic heterocycles. The molecule has 0 fully saturated rings. The van der Waals surface area contributed by atoms with Crippen molar-refractivity contribution in [3.63, 3.8) is 0 Å². The van der Waals surface area contributed by atoms with Crippen molar-refractivity contribution in [1.82, 2.24) is 4.57 Å². The summed E-state index contributed by atoms with van der Waals surface area (Å²) in [7, 11) is 4.94. The van der Waals surface area contributed by atoms with E-state index in [9.17, 15) is 4.79 Å². The van der Waals surface area contributed by atoms with Gasteiger partial charge < -0.3 is 14.2 Å². The molecule has 1 aliphatic carbocycles. The summed E-state index contributed by atoms with van der Waals surface area (Å²) in [4.78, 5) is 19.7. The maximum absolute atomic E-state index is 14.0. The molecule has 0 spiro atoms. The Bertz CT molecular complexity index is 1710. The SMILES string of the molecule is COc1ccc(C=c2sc3n(c2=O)C(c2cc(OC)ccc2OC)C2=C(N=3)c3ccccc3CC2)cc1. The zero-order valence-corrected chi connectivity index (χ0v) is 21.7. The van der Waals surface area contributed by atoms with Crippen molar-refractivity contribution in [3.8, 4) is 17.2 Å². The first-order valence-corrected chi connectivity index (χ1v) is 12.9. The van der Waals surface area contributed by atoms with Crippen LogP contribution in [0.5, 0.6) is 17.2 Å². The summed E-state index contributed by atoms with van der Waals surface area (Å²) in [6.45, 7) is 0. The predicted octanol–water partition coefficient (Wildman–Crippen LogP) is 4.34. The number of aromatic nitrogens is 1. The van der Waals surface area contributed by atoms with Crippen molar-refractivity contribution < 1.29 is 14.2 Å². The average Bonchev–Trinajstić information content (AvgIpc) is 3.26. The number of allylic oxidation sites excluding steroid dienone is 1. The molecule has 186 valence electrons. The third-order valence-electron chi connectivity index (χ3n) is 7.02. The van der Waals surface area contributed by atoms with Gasteiger partial charge in [0.2, 0.25) is 0 Å². The van der Waals surface area contributed by atoms with Gasteiger partial charge in [-0.15, -0.1) is 0 Å². The smallest absolute Gasteiger partial charge is 0.271 e. The molecule has 6 rings (SSSR count). The van der Waals surface area contributed by atoms with Crippen LogP contribution in [0.4, 0.5) is 0 Å². The van der Waals surface area contributed by atoms with Gasteiger partial charge in [-0.1, -0.05) is 47.7 Å². The van der Waals surface area contributed by atoms with Crippen LogP contribution in [0.1, 0.15) is 34.7 Å². The molecule has 6 nitrogen and oxygen atoms in total. The van der Waals surface area contributed by atoms with Crippen molar-refractivity contribution in [1.29, 1.82) is 0 Å². The van der Waals surface area contributed by atoms with Crippen LogP contribution in [0.3, 0.4) is 0 Å². The maximum atomic E-state index is 14.0. The van der Waals surface area contributed by atoms with E-state index in [2.05, 4.69) is 18.2 Å². The topological polar surface area (TPSA) is 62.0 Å². The number of ether oxygens (including phenoxy) is 3. The summed E-state index contributed by atoms with van der Waals surface area (Å²) >= 11 is 1.41. The Morgan fingerprint density at radius 1 is 0.919 bits per heavy atom. The molecule has 7 heteroatoms. The van der Waals surface area contributed by atoms with Gasteiger partial charge in [0.1, 0.15) is 17.2 Å². The van der Waals surface area contributed by atoms with Crippen LogP contribution in [0.2, 0.25) is 0 Å². The monoisotopic (exact) mass is 510 g/mol. The molecule has 2 heterocycles. The standard InChI is InChI=1S/C30H26N2O4S/c1-34-20-11-8-18(9-12-20)16-26-29(33)32-28(24-17-21(35-2)13-15-25(24)36-3)23-14-10-19-6-4-5-7-22(19)27(23)31-30(32)37-26/h4-9,11-13,15-17,28H,10,14H2,1-3H3. The second kappa shape index (κ2) is 9.41. The molecular weight excluding hydrogens is 484 g/mol. The van der Waals surface area contributed by atoms with Gasteiger partial charge in [0.15, 0.2) is 4.80 Å². The minimum absolute atomic E-state index is 0.0696. The summed E-state index contributed by atoms with van der Waals surface area (Å²) in [6.07, 6.45) is 3.62. The molecule has 3 aromatic carbocycles. The predicted molar refractivity (Wildman–Crippen MR) is 145 cm³/mol. The van der Waals surface area contributed by atoms with E-state index in [1.807, 2.05) is 59.2 Å². The molecule has 1 unspecified atom stereocenters. The number of fused-ring (bicyclic) bond motifs is 3. The Hall–Kier alpha value is -4.10. The highest BCUT2D eigenvalue weighted by molar-refractivity contribution is 7.07. The number of benzene rings is 3. The summed E-state index contributed by atoms with van der Waals surface area (Å²) in [6, 6.07) is 21.5. The Morgan fingerprint density at radius 2 is 1.68 bits per heavy atom. The molecule has 0 bridgehead atoms. The maximum Gasteiger partial charge on any atom is 0.271 e. The number of rotatable bonds is 5. The van der Waals surface area contributed by atoms with Crippen molar-refractivity contribution >= 4 is 23.1 Å². The first-order chi connectivity index (χ1) is 18.1. The molecule has 37 heavy (non-hydrogen) atoms. The second-order valence-corrected chi connectivity index (χ2v) is 10.0. The third-order valence-corrected chi connectivity index (χ3v) is 8.00. The number of hydrogen-bond acceptors (Lipinski definition) is 6. The molecular formula is C30H26N2O4S. The number of methoxy groups -OCH3 is 3. The van der Waals surface area contributed by atoms with E-state index in [4.69, 9.17) is 19.2 Å². The Kier molecular flexibility index (Phi) is 5.93. The molecule has 2 aliphatic rings. The van der Waals surface area contributed by atoms with Crippen molar-refractivity contribution in [2.45, 2.75) is 18.9 Å². The van der Waals surface area contributed by atoms with Crippen molar-refractivity contribution in [2.75, 3.05) is 21.3 Å². The van der Waals surface area contributed by atoms with E-state index in [1.54, 1.807) is 21.3 Å². The fourth-order valence-electron chi connectivity index (χ4n) is 5.20. The minimum atomic E-state index is -0.345. The molecule has 0 saturated carbocycles. The lowest BCUT2D eigenvalue weighted by Crippen LogP contribution is -2.39. The van der Waals surface area contributed by atoms with E-state index < -0.39 is 0 Å². The average molecular weight is 511 g/mol. The fourth-order valence-corrected chi connectivity index (χ4v) is 6.20. The van der Waals surface area contributed by atoms with Crippen LogP contribution in [0.25, 0.3) is 11.8 Å². The van der Waals surface area contributed by atoms with Crippen LogP contribution in [-0.2, 0) is 6.42 Å². The molecule has 1 aliphatic heterocycles. The third kappa shape index (κ3) is 3.96. The lowest BCUT2D eigenvalue weighted by Gasteiger charge is -2.31. The number of aryl methyl sites for hydroxylation is 1. The molecule has 0 radical (unpaired) electrons. The van der Waals surface area contributed by atoms with Gasteiger partial charge in [-0.2, -0.15) is 0 Å². The first-order valence-electron chi connectivity index (χ1n) is 12.1. The molecule has 0 amide bonds. The highest BCUT2D eigenvalue weighted by atomic mass is 32.1. The van der Waals surface area contributed by atoms with E-state index >= 15 is 0 Å². The van der Waals surface area contributed by atoms with Gasteiger partial charge >= 0.3 is 0 Å². The van der Waals surface area contributed by atoms with Crippen LogP contribution in [0, 0.1) is 0 Å². The number of nitrogens with zero attached hydrogens (tertiary/aromatic N) is 2. The molecule has 0 saturated heterocycles. The van der Waals surface area contributed by atoms with Gasteiger partial charge in [0, 0.05) is 11.1 Å². The van der Waals surface area contributed by atoms with Gasteiger partial charge in [-0.3, -0.25) is 9.36 Å². The van der Waals surface area contributed by atoms with Crippen LogP contribution >= 0.6 is 11.3 Å². The van der Waals surface area contributed by atoms with Crippen LogP contribution in [-0.4, -0.2) is 25.9 Å². The van der Waals surface area contributed by atoms with E-state index in [-0.39, 0.29) is 11.6 Å². The molecule has 1 atom stereocenters. The largest absolute Gasteiger partial charge is 0.497 e. The summed E-state index contributed by atoms with van der Waals surface area (Å²) in [5.41, 5.74) is 6.22. The lowest BCUT2D eigenvalue weighted by atomic mass is 9.83. The number of thiazole rings is 1. The van der Waals surface area contributed by atoms with Gasteiger partial charge in [-0.05, 0) is 65.9 Å². The highest BCUT2D eigenvalue weighted by Gasteiger charge is 2.34. The Balaban J connectivity index is 1.63. The summed E-state index contributed by atoms with van der Waals surface area (Å²) in [5, 5.41) is 0. The van der Waals surface area contributed by atoms with E-state index in [0.29, 0.717) is 20.8 Å². The molecule has 0 N–H and O–H groups in total. The van der Waals surface area contributed by atoms with Crippen LogP contribution in [0.15, 0.2) is 82.1 Å². The lowest BCUT2D eigenvalue weighted by molar-refractivity contribution is 0.392. The minimum Gasteiger partial charge on any atom is -0.497 e. The van der Waals surface area contributed by atoms with E-state index in [1.165, 1.54) is 16.9 Å².